The molecule has 16 heavy (non-hydrogen) atoms. The lowest BCUT2D eigenvalue weighted by Crippen LogP contribution is -2.29. The summed E-state index contributed by atoms with van der Waals surface area (Å²) in [6.07, 6.45) is 0.856. The molecule has 0 saturated heterocycles. The maximum atomic E-state index is 5.60. The van der Waals surface area contributed by atoms with Crippen LogP contribution in [0.25, 0.3) is 0 Å². The third-order valence-corrected chi connectivity index (χ3v) is 3.59. The van der Waals surface area contributed by atoms with Crippen LogP contribution in [-0.2, 0) is 13.5 Å². The summed E-state index contributed by atoms with van der Waals surface area (Å²) in [5.74, 6) is 5.60. The fraction of sp³-hybridized carbons (Fsp3) is 0.364. The Morgan fingerprint density at radius 3 is 2.94 bits per heavy atom. The van der Waals surface area contributed by atoms with E-state index in [2.05, 4.69) is 28.0 Å². The largest absolute Gasteiger partial charge is 0.272 e. The number of nitrogens with one attached hydrogen (secondary N) is 1. The lowest BCUT2D eigenvalue weighted by molar-refractivity contribution is 0.537. The molecular weight excluding hydrogens is 220 g/mol. The van der Waals surface area contributed by atoms with E-state index in [9.17, 15) is 0 Å². The highest BCUT2D eigenvalue weighted by atomic mass is 32.1. The van der Waals surface area contributed by atoms with Crippen molar-refractivity contribution >= 4 is 11.3 Å². The Balaban J connectivity index is 2.16. The third kappa shape index (κ3) is 2.32. The van der Waals surface area contributed by atoms with Crippen molar-refractivity contribution in [3.05, 3.63) is 39.8 Å². The van der Waals surface area contributed by atoms with Crippen LogP contribution in [0.1, 0.15) is 22.3 Å². The van der Waals surface area contributed by atoms with Crippen LogP contribution < -0.4 is 11.3 Å². The Kier molecular flexibility index (Phi) is 3.38. The van der Waals surface area contributed by atoms with Crippen LogP contribution in [0, 0.1) is 6.92 Å². The topological polar surface area (TPSA) is 55.9 Å². The predicted molar refractivity (Wildman–Crippen MR) is 66.0 cm³/mol. The molecule has 2 rings (SSSR count). The van der Waals surface area contributed by atoms with E-state index in [1.54, 1.807) is 11.3 Å². The van der Waals surface area contributed by atoms with Crippen LogP contribution in [0.4, 0.5) is 0 Å². The molecule has 0 bridgehead atoms. The van der Waals surface area contributed by atoms with Gasteiger partial charge in [-0.3, -0.25) is 16.0 Å². The van der Waals surface area contributed by atoms with Crippen LogP contribution in [0.2, 0.25) is 0 Å². The van der Waals surface area contributed by atoms with Gasteiger partial charge in [-0.05, 0) is 24.4 Å². The number of aryl methyl sites for hydroxylation is 2. The summed E-state index contributed by atoms with van der Waals surface area (Å²) in [6, 6.07) is 6.39. The smallest absolute Gasteiger partial charge is 0.0608 e. The number of aromatic nitrogens is 2. The monoisotopic (exact) mass is 236 g/mol. The predicted octanol–water partition coefficient (Wildman–Crippen LogP) is 1.54. The number of hydrazine groups is 1. The molecule has 0 amide bonds. The van der Waals surface area contributed by atoms with Crippen LogP contribution in [0.5, 0.6) is 0 Å². The highest BCUT2D eigenvalue weighted by Crippen LogP contribution is 2.22. The molecule has 1 atom stereocenters. The van der Waals surface area contributed by atoms with Gasteiger partial charge >= 0.3 is 0 Å². The van der Waals surface area contributed by atoms with Crippen molar-refractivity contribution in [1.29, 1.82) is 0 Å². The number of nitrogens with zero attached hydrogens (tertiary/aromatic N) is 2. The van der Waals surface area contributed by atoms with Gasteiger partial charge in [0.2, 0.25) is 0 Å². The average Bonchev–Trinajstić information content (AvgIpc) is 2.85. The summed E-state index contributed by atoms with van der Waals surface area (Å²) < 4.78 is 1.91. The molecule has 0 aliphatic heterocycles. The molecule has 2 heterocycles. The van der Waals surface area contributed by atoms with Crippen molar-refractivity contribution in [1.82, 2.24) is 15.2 Å². The highest BCUT2D eigenvalue weighted by molar-refractivity contribution is 7.10. The molecule has 2 aromatic rings. The summed E-state index contributed by atoms with van der Waals surface area (Å²) in [4.78, 5) is 1.25. The minimum Gasteiger partial charge on any atom is -0.272 e. The summed E-state index contributed by atoms with van der Waals surface area (Å²) in [5, 5.41) is 6.39. The molecule has 0 radical (unpaired) electrons. The van der Waals surface area contributed by atoms with E-state index in [1.165, 1.54) is 10.6 Å². The lowest BCUT2D eigenvalue weighted by atomic mass is 10.1. The van der Waals surface area contributed by atoms with Crippen molar-refractivity contribution < 1.29 is 0 Å². The Labute approximate surface area is 99.1 Å². The number of nitrogens with two attached hydrogens (primary N) is 1. The van der Waals surface area contributed by atoms with E-state index in [0.29, 0.717) is 0 Å². The summed E-state index contributed by atoms with van der Waals surface area (Å²) in [5.41, 5.74) is 5.09. The maximum Gasteiger partial charge on any atom is 0.0608 e. The van der Waals surface area contributed by atoms with Crippen molar-refractivity contribution in [2.45, 2.75) is 19.4 Å². The van der Waals surface area contributed by atoms with Gasteiger partial charge in [0, 0.05) is 24.0 Å². The van der Waals surface area contributed by atoms with Gasteiger partial charge in [0.05, 0.1) is 11.7 Å². The number of hydrogen-bond acceptors (Lipinski definition) is 4. The second-order valence-corrected chi connectivity index (χ2v) is 4.82. The normalized spacial score (nSPS) is 12.9. The number of rotatable bonds is 4. The maximum absolute atomic E-state index is 5.60. The first-order valence-electron chi connectivity index (χ1n) is 5.19. The summed E-state index contributed by atoms with van der Waals surface area (Å²) in [6.45, 7) is 2.00. The first-order chi connectivity index (χ1) is 7.70. The van der Waals surface area contributed by atoms with E-state index in [0.717, 1.165) is 12.1 Å². The molecule has 86 valence electrons. The van der Waals surface area contributed by atoms with Gasteiger partial charge in [0.1, 0.15) is 0 Å². The quantitative estimate of drug-likeness (QED) is 0.625. The fourth-order valence-corrected chi connectivity index (χ4v) is 2.58. The number of thiophene rings is 1. The fourth-order valence-electron chi connectivity index (χ4n) is 1.80. The van der Waals surface area contributed by atoms with Crippen molar-refractivity contribution in [2.75, 3.05) is 0 Å². The second-order valence-electron chi connectivity index (χ2n) is 3.84. The molecule has 1 unspecified atom stereocenters. The summed E-state index contributed by atoms with van der Waals surface area (Å²) >= 11 is 1.72. The molecule has 0 fully saturated rings. The van der Waals surface area contributed by atoms with Crippen LogP contribution in [0.3, 0.4) is 0 Å². The van der Waals surface area contributed by atoms with Crippen LogP contribution in [0.15, 0.2) is 23.6 Å². The molecule has 5 heteroatoms. The van der Waals surface area contributed by atoms with Gasteiger partial charge in [-0.15, -0.1) is 11.3 Å². The lowest BCUT2D eigenvalue weighted by Gasteiger charge is -2.13. The van der Waals surface area contributed by atoms with Gasteiger partial charge in [-0.2, -0.15) is 5.10 Å². The Morgan fingerprint density at radius 1 is 1.62 bits per heavy atom. The molecule has 2 aromatic heterocycles. The van der Waals surface area contributed by atoms with Crippen LogP contribution in [-0.4, -0.2) is 9.78 Å². The zero-order valence-corrected chi connectivity index (χ0v) is 10.3. The van der Waals surface area contributed by atoms with E-state index >= 15 is 0 Å². The molecule has 4 nitrogen and oxygen atoms in total. The zero-order chi connectivity index (χ0) is 11.5. The van der Waals surface area contributed by atoms with Crippen molar-refractivity contribution in [3.8, 4) is 0 Å². The number of hydrogen-bond donors (Lipinski definition) is 2. The molecular formula is C11H16N4S. The Hall–Kier alpha value is -1.17. The van der Waals surface area contributed by atoms with Gasteiger partial charge < -0.3 is 0 Å². The second kappa shape index (κ2) is 4.78. The minimum absolute atomic E-state index is 0.162. The van der Waals surface area contributed by atoms with E-state index in [4.69, 9.17) is 5.84 Å². The Bertz CT molecular complexity index is 447. The van der Waals surface area contributed by atoms with E-state index < -0.39 is 0 Å². The first kappa shape index (κ1) is 11.3. The standard InChI is InChI=1S/C11H16N4S/c1-8-6-9(15(2)14-8)7-10(13-12)11-4-3-5-16-11/h3-6,10,13H,7,12H2,1-2H3. The highest BCUT2D eigenvalue weighted by Gasteiger charge is 2.14. The molecule has 3 N–H and O–H groups in total. The van der Waals surface area contributed by atoms with Crippen molar-refractivity contribution in [2.24, 2.45) is 12.9 Å². The molecule has 0 aliphatic rings. The zero-order valence-electron chi connectivity index (χ0n) is 9.47. The van der Waals surface area contributed by atoms with E-state index in [-0.39, 0.29) is 6.04 Å². The molecule has 0 spiro atoms. The molecule has 0 aromatic carbocycles. The summed E-state index contributed by atoms with van der Waals surface area (Å²) in [7, 11) is 1.96. The molecule has 0 saturated carbocycles. The average molecular weight is 236 g/mol. The van der Waals surface area contributed by atoms with Gasteiger partial charge in [0.25, 0.3) is 0 Å². The van der Waals surface area contributed by atoms with Gasteiger partial charge in [-0.25, -0.2) is 0 Å². The van der Waals surface area contributed by atoms with Gasteiger partial charge in [-0.1, -0.05) is 6.07 Å². The molecule has 0 aliphatic carbocycles. The van der Waals surface area contributed by atoms with Crippen molar-refractivity contribution in [3.63, 3.8) is 0 Å². The van der Waals surface area contributed by atoms with Crippen LogP contribution >= 0.6 is 11.3 Å². The van der Waals surface area contributed by atoms with E-state index in [1.807, 2.05) is 24.7 Å². The minimum atomic E-state index is 0.162. The Morgan fingerprint density at radius 2 is 2.44 bits per heavy atom. The SMILES string of the molecule is Cc1cc(CC(NN)c2cccs2)n(C)n1. The first-order valence-corrected chi connectivity index (χ1v) is 6.07. The van der Waals surface area contributed by atoms with Gasteiger partial charge in [0.15, 0.2) is 0 Å². The third-order valence-electron chi connectivity index (χ3n) is 2.60.